The van der Waals surface area contributed by atoms with Crippen LogP contribution >= 0.6 is 0 Å². The Kier molecular flexibility index (Phi) is 4.00. The Morgan fingerprint density at radius 2 is 2.05 bits per heavy atom. The topological polar surface area (TPSA) is 63.3 Å². The molecule has 2 rings (SSSR count). The van der Waals surface area contributed by atoms with Crippen LogP contribution in [0.3, 0.4) is 0 Å². The summed E-state index contributed by atoms with van der Waals surface area (Å²) in [5.41, 5.74) is 0.819. The molecule has 0 aliphatic heterocycles. The summed E-state index contributed by atoms with van der Waals surface area (Å²) in [4.78, 5) is 15.4. The molecular formula is C15H17NO3. The molecule has 1 atom stereocenters. The van der Waals surface area contributed by atoms with Crippen molar-refractivity contribution in [2.45, 2.75) is 32.6 Å². The van der Waals surface area contributed by atoms with Gasteiger partial charge in [0.05, 0.1) is 0 Å². The van der Waals surface area contributed by atoms with Crippen molar-refractivity contribution in [1.82, 2.24) is 4.98 Å². The molecule has 0 saturated carbocycles. The van der Waals surface area contributed by atoms with E-state index in [0.29, 0.717) is 11.7 Å². The number of hydrogen-bond acceptors (Lipinski definition) is 3. The Bertz CT molecular complexity index is 560. The number of carboxylic acids is 1. The van der Waals surface area contributed by atoms with E-state index in [2.05, 4.69) is 11.9 Å². The third kappa shape index (κ3) is 2.84. The highest BCUT2D eigenvalue weighted by Crippen LogP contribution is 2.29. The number of nitrogens with zero attached hydrogens (tertiary/aromatic N) is 1. The quantitative estimate of drug-likeness (QED) is 0.883. The first-order valence-electron chi connectivity index (χ1n) is 6.43. The van der Waals surface area contributed by atoms with Gasteiger partial charge in [0.2, 0.25) is 5.89 Å². The molecule has 0 fully saturated rings. The second kappa shape index (κ2) is 5.69. The molecule has 4 heteroatoms. The summed E-state index contributed by atoms with van der Waals surface area (Å²) in [6.07, 6.45) is 1.85. The summed E-state index contributed by atoms with van der Waals surface area (Å²) >= 11 is 0. The van der Waals surface area contributed by atoms with Crippen LogP contribution in [0.4, 0.5) is 0 Å². The van der Waals surface area contributed by atoms with Crippen LogP contribution < -0.4 is 0 Å². The lowest BCUT2D eigenvalue weighted by atomic mass is 10.0. The highest BCUT2D eigenvalue weighted by Gasteiger charge is 2.23. The van der Waals surface area contributed by atoms with E-state index in [0.717, 1.165) is 18.4 Å². The van der Waals surface area contributed by atoms with Crippen LogP contribution in [0.25, 0.3) is 11.5 Å². The van der Waals surface area contributed by atoms with Crippen molar-refractivity contribution in [1.29, 1.82) is 0 Å². The smallest absolute Gasteiger partial charge is 0.358 e. The van der Waals surface area contributed by atoms with E-state index in [1.807, 2.05) is 37.3 Å². The van der Waals surface area contributed by atoms with Gasteiger partial charge in [0.25, 0.3) is 0 Å². The maximum Gasteiger partial charge on any atom is 0.358 e. The lowest BCUT2D eigenvalue weighted by molar-refractivity contribution is 0.0688. The zero-order valence-electron chi connectivity index (χ0n) is 11.1. The summed E-state index contributed by atoms with van der Waals surface area (Å²) in [6, 6.07) is 9.34. The normalized spacial score (nSPS) is 12.3. The van der Waals surface area contributed by atoms with Crippen LogP contribution in [0, 0.1) is 0 Å². The number of aromatic carboxylic acids is 1. The van der Waals surface area contributed by atoms with Gasteiger partial charge in [0.15, 0.2) is 5.69 Å². The van der Waals surface area contributed by atoms with Crippen LogP contribution in [0.1, 0.15) is 48.9 Å². The number of aromatic nitrogens is 1. The lowest BCUT2D eigenvalue weighted by Crippen LogP contribution is -2.03. The van der Waals surface area contributed by atoms with Gasteiger partial charge in [-0.05, 0) is 18.6 Å². The number of hydrogen-bond donors (Lipinski definition) is 1. The van der Waals surface area contributed by atoms with Crippen LogP contribution in [0.2, 0.25) is 0 Å². The number of oxazole rings is 1. The van der Waals surface area contributed by atoms with E-state index in [1.165, 1.54) is 0 Å². The van der Waals surface area contributed by atoms with Gasteiger partial charge in [-0.3, -0.25) is 0 Å². The maximum atomic E-state index is 11.3. The SMILES string of the molecule is CCCC(C)c1oc(-c2ccccc2)nc1C(=O)O. The van der Waals surface area contributed by atoms with E-state index in [4.69, 9.17) is 4.42 Å². The Morgan fingerprint density at radius 1 is 1.37 bits per heavy atom. The highest BCUT2D eigenvalue weighted by molar-refractivity contribution is 5.87. The number of carboxylic acid groups (broad SMARTS) is 1. The van der Waals surface area contributed by atoms with Crippen LogP contribution in [-0.2, 0) is 0 Å². The van der Waals surface area contributed by atoms with Gasteiger partial charge in [-0.15, -0.1) is 0 Å². The lowest BCUT2D eigenvalue weighted by Gasteiger charge is -2.06. The Hall–Kier alpha value is -2.10. The molecule has 1 N–H and O–H groups in total. The summed E-state index contributed by atoms with van der Waals surface area (Å²) in [5.74, 6) is -0.144. The molecule has 1 aromatic heterocycles. The van der Waals surface area contributed by atoms with Crippen LogP contribution in [-0.4, -0.2) is 16.1 Å². The average molecular weight is 259 g/mol. The summed E-state index contributed by atoms with van der Waals surface area (Å²) in [7, 11) is 0. The molecule has 0 aliphatic rings. The molecule has 0 radical (unpaired) electrons. The fraction of sp³-hybridized carbons (Fsp3) is 0.333. The molecule has 100 valence electrons. The Morgan fingerprint density at radius 3 is 2.63 bits per heavy atom. The summed E-state index contributed by atoms with van der Waals surface area (Å²) in [6.45, 7) is 4.02. The molecule has 19 heavy (non-hydrogen) atoms. The molecule has 4 nitrogen and oxygen atoms in total. The van der Waals surface area contributed by atoms with E-state index >= 15 is 0 Å². The molecule has 0 aliphatic carbocycles. The Labute approximate surface area is 112 Å². The molecule has 1 aromatic carbocycles. The van der Waals surface area contributed by atoms with Gasteiger partial charge in [-0.2, -0.15) is 0 Å². The van der Waals surface area contributed by atoms with E-state index in [9.17, 15) is 9.90 Å². The van der Waals surface area contributed by atoms with E-state index < -0.39 is 5.97 Å². The second-order valence-corrected chi connectivity index (χ2v) is 4.59. The van der Waals surface area contributed by atoms with Crippen molar-refractivity contribution in [2.24, 2.45) is 0 Å². The first-order chi connectivity index (χ1) is 9.13. The fourth-order valence-electron chi connectivity index (χ4n) is 2.09. The zero-order valence-corrected chi connectivity index (χ0v) is 11.1. The Balaban J connectivity index is 2.43. The van der Waals surface area contributed by atoms with Gasteiger partial charge < -0.3 is 9.52 Å². The highest BCUT2D eigenvalue weighted by atomic mass is 16.4. The summed E-state index contributed by atoms with van der Waals surface area (Å²) in [5, 5.41) is 9.22. The molecule has 0 bridgehead atoms. The van der Waals surface area contributed by atoms with Gasteiger partial charge in [0, 0.05) is 11.5 Å². The maximum absolute atomic E-state index is 11.3. The van der Waals surface area contributed by atoms with Gasteiger partial charge in [-0.25, -0.2) is 9.78 Å². The number of benzene rings is 1. The number of carbonyl (C=O) groups is 1. The zero-order chi connectivity index (χ0) is 13.8. The van der Waals surface area contributed by atoms with Crippen molar-refractivity contribution in [3.63, 3.8) is 0 Å². The molecule has 0 spiro atoms. The van der Waals surface area contributed by atoms with Crippen molar-refractivity contribution in [3.05, 3.63) is 41.8 Å². The monoisotopic (exact) mass is 259 g/mol. The molecule has 0 amide bonds. The molecule has 2 aromatic rings. The fourth-order valence-corrected chi connectivity index (χ4v) is 2.09. The molecule has 1 heterocycles. The van der Waals surface area contributed by atoms with Crippen LogP contribution in [0.15, 0.2) is 34.7 Å². The minimum absolute atomic E-state index is 0.0276. The minimum atomic E-state index is -1.04. The standard InChI is InChI=1S/C15H17NO3/c1-3-7-10(2)13-12(15(17)18)16-14(19-13)11-8-5-4-6-9-11/h4-6,8-10H,3,7H2,1-2H3,(H,17,18). The molecule has 1 unspecified atom stereocenters. The largest absolute Gasteiger partial charge is 0.476 e. The molecular weight excluding hydrogens is 242 g/mol. The predicted octanol–water partition coefficient (Wildman–Crippen LogP) is 3.94. The minimum Gasteiger partial charge on any atom is -0.476 e. The number of rotatable bonds is 5. The van der Waals surface area contributed by atoms with Gasteiger partial charge >= 0.3 is 5.97 Å². The van der Waals surface area contributed by atoms with Crippen molar-refractivity contribution >= 4 is 5.97 Å². The second-order valence-electron chi connectivity index (χ2n) is 4.59. The summed E-state index contributed by atoms with van der Waals surface area (Å²) < 4.78 is 5.68. The van der Waals surface area contributed by atoms with Crippen LogP contribution in [0.5, 0.6) is 0 Å². The van der Waals surface area contributed by atoms with Gasteiger partial charge in [-0.1, -0.05) is 38.5 Å². The first-order valence-corrected chi connectivity index (χ1v) is 6.43. The molecule has 0 saturated heterocycles. The van der Waals surface area contributed by atoms with Crippen molar-refractivity contribution in [2.75, 3.05) is 0 Å². The van der Waals surface area contributed by atoms with Gasteiger partial charge in [0.1, 0.15) is 5.76 Å². The van der Waals surface area contributed by atoms with Crippen molar-refractivity contribution in [3.8, 4) is 11.5 Å². The van der Waals surface area contributed by atoms with Crippen molar-refractivity contribution < 1.29 is 14.3 Å². The third-order valence-corrected chi connectivity index (χ3v) is 3.05. The van der Waals surface area contributed by atoms with E-state index in [-0.39, 0.29) is 11.6 Å². The first kappa shape index (κ1) is 13.3. The predicted molar refractivity (Wildman–Crippen MR) is 72.2 cm³/mol. The average Bonchev–Trinajstić information content (AvgIpc) is 2.85. The third-order valence-electron chi connectivity index (χ3n) is 3.05. The van der Waals surface area contributed by atoms with E-state index in [1.54, 1.807) is 0 Å².